The highest BCUT2D eigenvalue weighted by Gasteiger charge is 2.20. The molecule has 0 radical (unpaired) electrons. The van der Waals surface area contributed by atoms with Gasteiger partial charge in [-0.05, 0) is 26.0 Å². The third-order valence-corrected chi connectivity index (χ3v) is 4.67. The van der Waals surface area contributed by atoms with Crippen molar-refractivity contribution >= 4 is 17.5 Å². The van der Waals surface area contributed by atoms with Crippen LogP contribution in [-0.2, 0) is 0 Å². The predicted molar refractivity (Wildman–Crippen MR) is 92.1 cm³/mol. The fraction of sp³-hybridized carbons (Fsp3) is 0.167. The zero-order valence-corrected chi connectivity index (χ0v) is 14.1. The second-order valence-electron chi connectivity index (χ2n) is 5.43. The van der Waals surface area contributed by atoms with Crippen molar-refractivity contribution in [3.05, 3.63) is 71.8 Å². The van der Waals surface area contributed by atoms with Crippen LogP contribution in [0.1, 0.15) is 22.8 Å². The van der Waals surface area contributed by atoms with Gasteiger partial charge in [-0.1, -0.05) is 53.7 Å². The van der Waals surface area contributed by atoms with Crippen molar-refractivity contribution in [3.8, 4) is 5.69 Å². The molecule has 0 spiro atoms. The standard InChI is InChI=1S/C18H16FN3OS/c1-12-7-9-14(10-8-12)17(23)13(2)24-18-21-20-11-22(18)16-6-4-3-5-15(16)19/h3-11,13H,1-2H3. The minimum absolute atomic E-state index is 0.00286. The van der Waals surface area contributed by atoms with Crippen LogP contribution >= 0.6 is 11.8 Å². The maximum atomic E-state index is 14.0. The Morgan fingerprint density at radius 1 is 1.17 bits per heavy atom. The van der Waals surface area contributed by atoms with E-state index in [0.29, 0.717) is 16.4 Å². The molecule has 0 N–H and O–H groups in total. The molecule has 1 unspecified atom stereocenters. The van der Waals surface area contributed by atoms with Crippen LogP contribution in [0.3, 0.4) is 0 Å². The van der Waals surface area contributed by atoms with Gasteiger partial charge in [0.25, 0.3) is 0 Å². The van der Waals surface area contributed by atoms with Crippen molar-refractivity contribution < 1.29 is 9.18 Å². The van der Waals surface area contributed by atoms with Gasteiger partial charge in [-0.15, -0.1) is 10.2 Å². The summed E-state index contributed by atoms with van der Waals surface area (Å²) in [5, 5.41) is 7.99. The molecule has 0 amide bonds. The van der Waals surface area contributed by atoms with E-state index in [-0.39, 0.29) is 16.9 Å². The van der Waals surface area contributed by atoms with Crippen LogP contribution < -0.4 is 0 Å². The monoisotopic (exact) mass is 341 g/mol. The Kier molecular flexibility index (Phi) is 4.76. The summed E-state index contributed by atoms with van der Waals surface area (Å²) in [6, 6.07) is 13.8. The van der Waals surface area contributed by atoms with Crippen molar-refractivity contribution in [2.24, 2.45) is 0 Å². The SMILES string of the molecule is Cc1ccc(C(=O)C(C)Sc2nncn2-c2ccccc2F)cc1. The summed E-state index contributed by atoms with van der Waals surface area (Å²) in [5.74, 6) is -0.361. The van der Waals surface area contributed by atoms with Crippen molar-refractivity contribution in [1.82, 2.24) is 14.8 Å². The van der Waals surface area contributed by atoms with Gasteiger partial charge in [0.05, 0.1) is 10.9 Å². The van der Waals surface area contributed by atoms with Crippen LogP contribution in [0.15, 0.2) is 60.0 Å². The molecule has 122 valence electrons. The van der Waals surface area contributed by atoms with Crippen LogP contribution in [0.4, 0.5) is 4.39 Å². The predicted octanol–water partition coefficient (Wildman–Crippen LogP) is 4.08. The minimum Gasteiger partial charge on any atom is -0.293 e. The van der Waals surface area contributed by atoms with E-state index in [9.17, 15) is 9.18 Å². The second-order valence-corrected chi connectivity index (χ2v) is 6.73. The number of halogens is 1. The first-order valence-corrected chi connectivity index (χ1v) is 8.36. The average molecular weight is 341 g/mol. The molecule has 0 aliphatic rings. The van der Waals surface area contributed by atoms with E-state index in [4.69, 9.17) is 0 Å². The molecule has 1 heterocycles. The first-order valence-electron chi connectivity index (χ1n) is 7.48. The number of carbonyl (C=O) groups is 1. The van der Waals surface area contributed by atoms with Gasteiger partial charge in [-0.3, -0.25) is 9.36 Å². The summed E-state index contributed by atoms with van der Waals surface area (Å²) >= 11 is 1.26. The molecule has 0 fully saturated rings. The third-order valence-electron chi connectivity index (χ3n) is 3.62. The zero-order valence-electron chi connectivity index (χ0n) is 13.3. The number of Topliss-reactive ketones (excluding diaryl/α,β-unsaturated/α-hetero) is 1. The van der Waals surface area contributed by atoms with Gasteiger partial charge in [0.2, 0.25) is 0 Å². The Morgan fingerprint density at radius 3 is 2.58 bits per heavy atom. The average Bonchev–Trinajstić information content (AvgIpc) is 3.03. The maximum Gasteiger partial charge on any atom is 0.196 e. The molecule has 24 heavy (non-hydrogen) atoms. The van der Waals surface area contributed by atoms with Gasteiger partial charge in [0.15, 0.2) is 10.9 Å². The Morgan fingerprint density at radius 2 is 1.88 bits per heavy atom. The zero-order chi connectivity index (χ0) is 17.1. The lowest BCUT2D eigenvalue weighted by Gasteiger charge is -2.11. The van der Waals surface area contributed by atoms with Crippen LogP contribution in [0.25, 0.3) is 5.69 Å². The molecule has 1 atom stereocenters. The number of nitrogens with zero attached hydrogens (tertiary/aromatic N) is 3. The molecule has 0 bridgehead atoms. The van der Waals surface area contributed by atoms with Crippen LogP contribution in [-0.4, -0.2) is 25.8 Å². The van der Waals surface area contributed by atoms with Crippen LogP contribution in [0.5, 0.6) is 0 Å². The van der Waals surface area contributed by atoms with E-state index >= 15 is 0 Å². The smallest absolute Gasteiger partial charge is 0.196 e. The Hall–Kier alpha value is -2.47. The summed E-state index contributed by atoms with van der Waals surface area (Å²) in [6.07, 6.45) is 1.45. The molecular weight excluding hydrogens is 325 g/mol. The molecule has 2 aromatic carbocycles. The number of aryl methyl sites for hydroxylation is 1. The van der Waals surface area contributed by atoms with E-state index in [2.05, 4.69) is 10.2 Å². The van der Waals surface area contributed by atoms with Crippen LogP contribution in [0, 0.1) is 12.7 Å². The number of aromatic nitrogens is 3. The third kappa shape index (κ3) is 3.38. The second kappa shape index (κ2) is 6.97. The molecule has 0 saturated carbocycles. The molecule has 4 nitrogen and oxygen atoms in total. The number of hydrogen-bond donors (Lipinski definition) is 0. The van der Waals surface area contributed by atoms with E-state index < -0.39 is 0 Å². The van der Waals surface area contributed by atoms with Crippen LogP contribution in [0.2, 0.25) is 0 Å². The van der Waals surface area contributed by atoms with E-state index in [1.54, 1.807) is 22.8 Å². The number of para-hydroxylation sites is 1. The Bertz CT molecular complexity index is 861. The van der Waals surface area contributed by atoms with E-state index in [1.807, 2.05) is 38.1 Å². The number of hydrogen-bond acceptors (Lipinski definition) is 4. The summed E-state index contributed by atoms with van der Waals surface area (Å²) < 4.78 is 15.5. The molecule has 3 aromatic rings. The van der Waals surface area contributed by atoms with Gasteiger partial charge in [0.1, 0.15) is 12.1 Å². The highest BCUT2D eigenvalue weighted by molar-refractivity contribution is 8.00. The fourth-order valence-corrected chi connectivity index (χ4v) is 3.19. The van der Waals surface area contributed by atoms with Gasteiger partial charge >= 0.3 is 0 Å². The first kappa shape index (κ1) is 16.4. The van der Waals surface area contributed by atoms with Gasteiger partial charge in [0, 0.05) is 5.56 Å². The van der Waals surface area contributed by atoms with Gasteiger partial charge in [-0.25, -0.2) is 4.39 Å². The van der Waals surface area contributed by atoms with Crippen molar-refractivity contribution in [1.29, 1.82) is 0 Å². The number of rotatable bonds is 5. The van der Waals surface area contributed by atoms with Gasteiger partial charge < -0.3 is 0 Å². The normalized spacial score (nSPS) is 12.1. The Balaban J connectivity index is 1.82. The lowest BCUT2D eigenvalue weighted by molar-refractivity contribution is 0.0994. The van der Waals surface area contributed by atoms with E-state index in [1.165, 1.54) is 24.2 Å². The molecule has 3 rings (SSSR count). The first-order chi connectivity index (χ1) is 11.6. The molecular formula is C18H16FN3OS. The quantitative estimate of drug-likeness (QED) is 0.518. The van der Waals surface area contributed by atoms with Gasteiger partial charge in [-0.2, -0.15) is 0 Å². The number of benzene rings is 2. The largest absolute Gasteiger partial charge is 0.293 e. The summed E-state index contributed by atoms with van der Waals surface area (Å²) in [5.41, 5.74) is 2.11. The molecule has 0 saturated heterocycles. The molecule has 0 aliphatic carbocycles. The molecule has 6 heteroatoms. The summed E-state index contributed by atoms with van der Waals surface area (Å²) in [7, 11) is 0. The Labute approximate surface area is 143 Å². The van der Waals surface area contributed by atoms with E-state index in [0.717, 1.165) is 5.56 Å². The topological polar surface area (TPSA) is 47.8 Å². The lowest BCUT2D eigenvalue weighted by atomic mass is 10.1. The highest BCUT2D eigenvalue weighted by atomic mass is 32.2. The number of thioether (sulfide) groups is 1. The minimum atomic E-state index is -0.364. The molecule has 1 aromatic heterocycles. The number of carbonyl (C=O) groups excluding carboxylic acids is 1. The van der Waals surface area contributed by atoms with Crippen molar-refractivity contribution in [3.63, 3.8) is 0 Å². The van der Waals surface area contributed by atoms with Crippen molar-refractivity contribution in [2.45, 2.75) is 24.3 Å². The molecule has 0 aliphatic heterocycles. The summed E-state index contributed by atoms with van der Waals surface area (Å²) in [6.45, 7) is 3.79. The summed E-state index contributed by atoms with van der Waals surface area (Å²) in [4.78, 5) is 12.5. The number of ketones is 1. The highest BCUT2D eigenvalue weighted by Crippen LogP contribution is 2.27. The van der Waals surface area contributed by atoms with Crippen molar-refractivity contribution in [2.75, 3.05) is 0 Å². The maximum absolute atomic E-state index is 14.0. The fourth-order valence-electron chi connectivity index (χ4n) is 2.28. The lowest BCUT2D eigenvalue weighted by Crippen LogP contribution is -2.14.